The van der Waals surface area contributed by atoms with E-state index in [1.54, 1.807) is 6.07 Å². The zero-order chi connectivity index (χ0) is 13.5. The molecule has 0 heterocycles. The van der Waals surface area contributed by atoms with Crippen molar-refractivity contribution in [3.05, 3.63) is 29.6 Å². The van der Waals surface area contributed by atoms with Gasteiger partial charge in [0, 0.05) is 17.5 Å². The van der Waals surface area contributed by atoms with Gasteiger partial charge in [-0.15, -0.1) is 0 Å². The first-order valence-corrected chi connectivity index (χ1v) is 7.07. The average Bonchev–Trinajstić information content (AvgIpc) is 2.33. The summed E-state index contributed by atoms with van der Waals surface area (Å²) in [6, 6.07) is 4.47. The Bertz CT molecular complexity index is 412. The van der Waals surface area contributed by atoms with E-state index in [0.717, 1.165) is 17.7 Å². The Morgan fingerprint density at radius 2 is 2.28 bits per heavy atom. The highest BCUT2D eigenvalue weighted by Crippen LogP contribution is 2.16. The van der Waals surface area contributed by atoms with Gasteiger partial charge in [0.15, 0.2) is 0 Å². The summed E-state index contributed by atoms with van der Waals surface area (Å²) < 4.78 is 13.0. The minimum atomic E-state index is -0.350. The molecule has 100 valence electrons. The van der Waals surface area contributed by atoms with Crippen molar-refractivity contribution in [1.29, 1.82) is 0 Å². The Labute approximate surface area is 111 Å². The van der Waals surface area contributed by atoms with E-state index in [-0.39, 0.29) is 17.8 Å². The minimum Gasteiger partial charge on any atom is -0.327 e. The Hall–Kier alpha value is -1.07. The highest BCUT2D eigenvalue weighted by Gasteiger charge is 2.07. The summed E-state index contributed by atoms with van der Waals surface area (Å²) in [4.78, 5) is 11.7. The lowest BCUT2D eigenvalue weighted by molar-refractivity contribution is -0.113. The minimum absolute atomic E-state index is 0.124. The van der Waals surface area contributed by atoms with E-state index in [1.165, 1.54) is 23.9 Å². The summed E-state index contributed by atoms with van der Waals surface area (Å²) in [7, 11) is 0. The molecule has 5 heteroatoms. The van der Waals surface area contributed by atoms with Crippen molar-refractivity contribution in [2.45, 2.75) is 26.3 Å². The number of halogens is 1. The molecule has 0 radical (unpaired) electrons. The molecule has 1 unspecified atom stereocenters. The number of amides is 1. The molecule has 0 saturated heterocycles. The lowest BCUT2D eigenvalue weighted by Crippen LogP contribution is -2.23. The third kappa shape index (κ3) is 5.06. The Kier molecular flexibility index (Phi) is 6.15. The predicted octanol–water partition coefficient (Wildman–Crippen LogP) is 2.54. The van der Waals surface area contributed by atoms with E-state index in [4.69, 9.17) is 5.73 Å². The van der Waals surface area contributed by atoms with Crippen molar-refractivity contribution in [3.8, 4) is 0 Å². The highest BCUT2D eigenvalue weighted by atomic mass is 32.2. The van der Waals surface area contributed by atoms with Crippen molar-refractivity contribution < 1.29 is 9.18 Å². The monoisotopic (exact) mass is 270 g/mol. The van der Waals surface area contributed by atoms with Crippen LogP contribution in [-0.2, 0) is 4.79 Å². The molecule has 1 aromatic rings. The summed E-state index contributed by atoms with van der Waals surface area (Å²) in [5.41, 5.74) is 7.13. The van der Waals surface area contributed by atoms with E-state index in [1.807, 2.05) is 13.8 Å². The van der Waals surface area contributed by atoms with Crippen LogP contribution in [0.3, 0.4) is 0 Å². The first kappa shape index (κ1) is 15.0. The molecule has 0 bridgehead atoms. The van der Waals surface area contributed by atoms with Gasteiger partial charge in [0.25, 0.3) is 0 Å². The van der Waals surface area contributed by atoms with Crippen LogP contribution in [0.2, 0.25) is 0 Å². The molecule has 0 aromatic heterocycles. The molecule has 1 rings (SSSR count). The molecule has 0 aliphatic carbocycles. The van der Waals surface area contributed by atoms with E-state index in [2.05, 4.69) is 5.32 Å². The van der Waals surface area contributed by atoms with Crippen LogP contribution in [0.5, 0.6) is 0 Å². The highest BCUT2D eigenvalue weighted by molar-refractivity contribution is 8.00. The lowest BCUT2D eigenvalue weighted by atomic mass is 10.2. The number of benzene rings is 1. The normalized spacial score (nSPS) is 12.2. The van der Waals surface area contributed by atoms with Gasteiger partial charge in [-0.1, -0.05) is 13.0 Å². The average molecular weight is 270 g/mol. The molecular formula is C13H19FN2OS. The van der Waals surface area contributed by atoms with Gasteiger partial charge >= 0.3 is 0 Å². The van der Waals surface area contributed by atoms with Crippen molar-refractivity contribution in [2.24, 2.45) is 5.73 Å². The largest absolute Gasteiger partial charge is 0.327 e. The second-order valence-electron chi connectivity index (χ2n) is 4.19. The summed E-state index contributed by atoms with van der Waals surface area (Å²) in [5.74, 6) is 0.615. The molecule has 3 N–H and O–H groups in total. The van der Waals surface area contributed by atoms with Gasteiger partial charge in [0.2, 0.25) is 5.91 Å². The number of aryl methyl sites for hydroxylation is 1. The Morgan fingerprint density at radius 3 is 2.94 bits per heavy atom. The molecule has 18 heavy (non-hydrogen) atoms. The first-order valence-electron chi connectivity index (χ1n) is 5.92. The standard InChI is InChI=1S/C13H19FN2OS/c1-3-11(15)7-18-8-13(17)16-12-6-10(14)5-4-9(12)2/h4-6,11H,3,7-8,15H2,1-2H3,(H,16,17). The molecule has 0 spiro atoms. The van der Waals surface area contributed by atoms with Crippen molar-refractivity contribution in [3.63, 3.8) is 0 Å². The molecular weight excluding hydrogens is 251 g/mol. The van der Waals surface area contributed by atoms with Gasteiger partial charge in [-0.25, -0.2) is 4.39 Å². The molecule has 3 nitrogen and oxygen atoms in total. The Balaban J connectivity index is 2.42. The van der Waals surface area contributed by atoms with Gasteiger partial charge in [0.1, 0.15) is 5.82 Å². The number of thioether (sulfide) groups is 1. The van der Waals surface area contributed by atoms with E-state index >= 15 is 0 Å². The molecule has 1 atom stereocenters. The van der Waals surface area contributed by atoms with E-state index in [9.17, 15) is 9.18 Å². The number of nitrogens with two attached hydrogens (primary N) is 1. The van der Waals surface area contributed by atoms with Crippen molar-refractivity contribution >= 4 is 23.4 Å². The fourth-order valence-electron chi connectivity index (χ4n) is 1.34. The molecule has 0 fully saturated rings. The van der Waals surface area contributed by atoms with Crippen LogP contribution in [0.4, 0.5) is 10.1 Å². The third-order valence-corrected chi connectivity index (χ3v) is 3.69. The number of carbonyl (C=O) groups is 1. The topological polar surface area (TPSA) is 55.1 Å². The van der Waals surface area contributed by atoms with Gasteiger partial charge in [0.05, 0.1) is 5.75 Å². The van der Waals surface area contributed by atoms with Crippen LogP contribution in [0, 0.1) is 12.7 Å². The second kappa shape index (κ2) is 7.38. The summed E-state index contributed by atoms with van der Waals surface area (Å²) in [6.45, 7) is 3.84. The van der Waals surface area contributed by atoms with Crippen molar-refractivity contribution in [1.82, 2.24) is 0 Å². The van der Waals surface area contributed by atoms with Crippen LogP contribution >= 0.6 is 11.8 Å². The molecule has 0 aliphatic rings. The summed E-state index contributed by atoms with van der Waals surface area (Å²) in [5, 5.41) is 2.70. The number of carbonyl (C=O) groups excluding carboxylic acids is 1. The lowest BCUT2D eigenvalue weighted by Gasteiger charge is -2.10. The Morgan fingerprint density at radius 1 is 1.56 bits per heavy atom. The number of hydrogen-bond acceptors (Lipinski definition) is 3. The molecule has 0 saturated carbocycles. The second-order valence-corrected chi connectivity index (χ2v) is 5.22. The quantitative estimate of drug-likeness (QED) is 0.835. The van der Waals surface area contributed by atoms with Crippen molar-refractivity contribution in [2.75, 3.05) is 16.8 Å². The summed E-state index contributed by atoms with van der Waals surface area (Å²) in [6.07, 6.45) is 0.900. The fourth-order valence-corrected chi connectivity index (χ4v) is 2.25. The SMILES string of the molecule is CCC(N)CSCC(=O)Nc1cc(F)ccc1C. The van der Waals surface area contributed by atoms with Gasteiger partial charge in [-0.2, -0.15) is 11.8 Å². The van der Waals surface area contributed by atoms with Gasteiger partial charge in [-0.05, 0) is 31.0 Å². The maximum absolute atomic E-state index is 13.0. The fraction of sp³-hybridized carbons (Fsp3) is 0.462. The zero-order valence-corrected chi connectivity index (χ0v) is 11.5. The van der Waals surface area contributed by atoms with Crippen LogP contribution < -0.4 is 11.1 Å². The number of anilines is 1. The maximum Gasteiger partial charge on any atom is 0.234 e. The molecule has 1 amide bonds. The number of rotatable bonds is 6. The van der Waals surface area contributed by atoms with Gasteiger partial charge in [-0.3, -0.25) is 4.79 Å². The van der Waals surface area contributed by atoms with Crippen LogP contribution in [-0.4, -0.2) is 23.5 Å². The maximum atomic E-state index is 13.0. The third-order valence-electron chi connectivity index (χ3n) is 2.56. The summed E-state index contributed by atoms with van der Waals surface area (Å²) >= 11 is 1.49. The molecule has 1 aromatic carbocycles. The number of hydrogen-bond donors (Lipinski definition) is 2. The van der Waals surface area contributed by atoms with Crippen LogP contribution in [0.25, 0.3) is 0 Å². The zero-order valence-electron chi connectivity index (χ0n) is 10.7. The molecule has 0 aliphatic heterocycles. The predicted molar refractivity (Wildman–Crippen MR) is 75.4 cm³/mol. The van der Waals surface area contributed by atoms with Gasteiger partial charge < -0.3 is 11.1 Å². The van der Waals surface area contributed by atoms with Crippen LogP contribution in [0.1, 0.15) is 18.9 Å². The van der Waals surface area contributed by atoms with Crippen LogP contribution in [0.15, 0.2) is 18.2 Å². The number of nitrogens with one attached hydrogen (secondary N) is 1. The van der Waals surface area contributed by atoms with E-state index in [0.29, 0.717) is 11.4 Å². The smallest absolute Gasteiger partial charge is 0.234 e. The first-order chi connectivity index (χ1) is 8.52. The van der Waals surface area contributed by atoms with E-state index < -0.39 is 0 Å².